The van der Waals surface area contributed by atoms with E-state index < -0.39 is 18.0 Å². The summed E-state index contributed by atoms with van der Waals surface area (Å²) in [6, 6.07) is -0.976. The number of primary amides is 1. The first-order valence-corrected chi connectivity index (χ1v) is 3.89. The van der Waals surface area contributed by atoms with Crippen LogP contribution in [0.25, 0.3) is 0 Å². The van der Waals surface area contributed by atoms with Crippen molar-refractivity contribution in [2.45, 2.75) is 25.4 Å². The third-order valence-electron chi connectivity index (χ3n) is 2.02. The molecule has 0 bridgehead atoms. The standard InChI is InChI=1S/C7H13N3O2/c1-4(8)7(12)10-3-2-5(10)6(9)11/h4-5H,2-3,8H2,1H3,(H2,9,11). The monoisotopic (exact) mass is 171 g/mol. The van der Waals surface area contributed by atoms with Crippen LogP contribution in [0.3, 0.4) is 0 Å². The number of nitrogens with two attached hydrogens (primary N) is 2. The highest BCUT2D eigenvalue weighted by atomic mass is 16.2. The van der Waals surface area contributed by atoms with Crippen molar-refractivity contribution in [3.63, 3.8) is 0 Å². The van der Waals surface area contributed by atoms with E-state index in [0.29, 0.717) is 13.0 Å². The molecule has 0 aliphatic carbocycles. The van der Waals surface area contributed by atoms with Gasteiger partial charge in [-0.15, -0.1) is 0 Å². The third-order valence-corrected chi connectivity index (χ3v) is 2.02. The van der Waals surface area contributed by atoms with Gasteiger partial charge in [-0.2, -0.15) is 0 Å². The molecular weight excluding hydrogens is 158 g/mol. The van der Waals surface area contributed by atoms with Crippen LogP contribution in [0, 0.1) is 0 Å². The zero-order valence-corrected chi connectivity index (χ0v) is 6.99. The molecule has 2 unspecified atom stereocenters. The highest BCUT2D eigenvalue weighted by Gasteiger charge is 2.36. The van der Waals surface area contributed by atoms with Gasteiger partial charge in [0.1, 0.15) is 6.04 Å². The maximum atomic E-state index is 11.2. The van der Waals surface area contributed by atoms with Gasteiger partial charge in [-0.25, -0.2) is 0 Å². The molecule has 1 fully saturated rings. The van der Waals surface area contributed by atoms with Crippen molar-refractivity contribution >= 4 is 11.8 Å². The molecule has 2 amide bonds. The summed E-state index contributed by atoms with van der Waals surface area (Å²) < 4.78 is 0. The minimum absolute atomic E-state index is 0.204. The molecule has 0 saturated carbocycles. The number of hydrogen-bond donors (Lipinski definition) is 2. The summed E-state index contributed by atoms with van der Waals surface area (Å²) in [6.45, 7) is 2.19. The van der Waals surface area contributed by atoms with E-state index in [1.807, 2.05) is 0 Å². The second-order valence-electron chi connectivity index (χ2n) is 3.03. The summed E-state index contributed by atoms with van der Waals surface area (Å²) in [5.74, 6) is -0.652. The maximum absolute atomic E-state index is 11.2. The number of carbonyl (C=O) groups is 2. The largest absolute Gasteiger partial charge is 0.368 e. The zero-order valence-electron chi connectivity index (χ0n) is 6.99. The first kappa shape index (κ1) is 8.99. The summed E-state index contributed by atoms with van der Waals surface area (Å²) in [5, 5.41) is 0. The van der Waals surface area contributed by atoms with Gasteiger partial charge in [0.15, 0.2) is 0 Å². The number of hydrogen-bond acceptors (Lipinski definition) is 3. The molecule has 1 aliphatic rings. The van der Waals surface area contributed by atoms with Crippen molar-refractivity contribution in [3.05, 3.63) is 0 Å². The van der Waals surface area contributed by atoms with Crippen LogP contribution < -0.4 is 11.5 Å². The lowest BCUT2D eigenvalue weighted by Gasteiger charge is -2.39. The molecule has 1 saturated heterocycles. The molecule has 5 nitrogen and oxygen atoms in total. The molecule has 1 rings (SSSR count). The second-order valence-corrected chi connectivity index (χ2v) is 3.03. The summed E-state index contributed by atoms with van der Waals surface area (Å²) >= 11 is 0. The lowest BCUT2D eigenvalue weighted by atomic mass is 10.0. The van der Waals surface area contributed by atoms with Gasteiger partial charge < -0.3 is 16.4 Å². The van der Waals surface area contributed by atoms with Crippen LogP contribution in [0.5, 0.6) is 0 Å². The molecular formula is C7H13N3O2. The Morgan fingerprint density at radius 3 is 2.42 bits per heavy atom. The summed E-state index contributed by atoms with van der Waals surface area (Å²) in [6.07, 6.45) is 0.661. The molecule has 0 aromatic heterocycles. The molecule has 4 N–H and O–H groups in total. The third kappa shape index (κ3) is 1.40. The van der Waals surface area contributed by atoms with E-state index in [9.17, 15) is 9.59 Å². The maximum Gasteiger partial charge on any atom is 0.240 e. The quantitative estimate of drug-likeness (QED) is 0.525. The fourth-order valence-corrected chi connectivity index (χ4v) is 1.21. The Balaban J connectivity index is 2.55. The van der Waals surface area contributed by atoms with Crippen molar-refractivity contribution in [1.82, 2.24) is 4.90 Å². The highest BCUT2D eigenvalue weighted by Crippen LogP contribution is 2.17. The highest BCUT2D eigenvalue weighted by molar-refractivity contribution is 5.90. The SMILES string of the molecule is CC(N)C(=O)N1CCC1C(N)=O. The van der Waals surface area contributed by atoms with E-state index in [1.165, 1.54) is 4.90 Å². The van der Waals surface area contributed by atoms with Gasteiger partial charge in [0.25, 0.3) is 0 Å². The normalized spacial score (nSPS) is 24.5. The lowest BCUT2D eigenvalue weighted by molar-refractivity contribution is -0.146. The van der Waals surface area contributed by atoms with Crippen molar-refractivity contribution in [1.29, 1.82) is 0 Å². The summed E-state index contributed by atoms with van der Waals surface area (Å²) in [7, 11) is 0. The van der Waals surface area contributed by atoms with E-state index in [-0.39, 0.29) is 5.91 Å². The number of likely N-dealkylation sites (tertiary alicyclic amines) is 1. The van der Waals surface area contributed by atoms with Crippen LogP contribution in [-0.2, 0) is 9.59 Å². The number of rotatable bonds is 2. The summed E-state index contributed by atoms with van der Waals surface area (Å²) in [4.78, 5) is 23.4. The van der Waals surface area contributed by atoms with Crippen LogP contribution in [0.15, 0.2) is 0 Å². The molecule has 5 heteroatoms. The Hall–Kier alpha value is -1.10. The molecule has 1 heterocycles. The van der Waals surface area contributed by atoms with Crippen molar-refractivity contribution in [3.8, 4) is 0 Å². The molecule has 0 spiro atoms. The van der Waals surface area contributed by atoms with Crippen molar-refractivity contribution in [2.75, 3.05) is 6.54 Å². The van der Waals surface area contributed by atoms with Gasteiger partial charge in [-0.05, 0) is 13.3 Å². The van der Waals surface area contributed by atoms with Gasteiger partial charge >= 0.3 is 0 Å². The van der Waals surface area contributed by atoms with Gasteiger partial charge in [0, 0.05) is 6.54 Å². The van der Waals surface area contributed by atoms with E-state index in [4.69, 9.17) is 11.5 Å². The van der Waals surface area contributed by atoms with Gasteiger partial charge in [0.2, 0.25) is 11.8 Å². The predicted octanol–water partition coefficient (Wildman–Crippen LogP) is -1.58. The van der Waals surface area contributed by atoms with Crippen LogP contribution in [0.2, 0.25) is 0 Å². The summed E-state index contributed by atoms with van der Waals surface area (Å²) in [5.41, 5.74) is 10.4. The van der Waals surface area contributed by atoms with E-state index in [0.717, 1.165) is 0 Å². The van der Waals surface area contributed by atoms with Crippen LogP contribution in [-0.4, -0.2) is 35.3 Å². The Labute approximate surface area is 70.7 Å². The van der Waals surface area contributed by atoms with E-state index in [2.05, 4.69) is 0 Å². The fourth-order valence-electron chi connectivity index (χ4n) is 1.21. The van der Waals surface area contributed by atoms with Crippen LogP contribution >= 0.6 is 0 Å². The molecule has 12 heavy (non-hydrogen) atoms. The predicted molar refractivity (Wildman–Crippen MR) is 43.0 cm³/mol. The molecule has 2 atom stereocenters. The van der Waals surface area contributed by atoms with Gasteiger partial charge in [-0.1, -0.05) is 0 Å². The van der Waals surface area contributed by atoms with Gasteiger partial charge in [0.05, 0.1) is 6.04 Å². The zero-order chi connectivity index (χ0) is 9.30. The number of carbonyl (C=O) groups excluding carboxylic acids is 2. The van der Waals surface area contributed by atoms with E-state index in [1.54, 1.807) is 6.92 Å². The average molecular weight is 171 g/mol. The Kier molecular flexibility index (Phi) is 2.32. The molecule has 0 radical (unpaired) electrons. The minimum Gasteiger partial charge on any atom is -0.368 e. The lowest BCUT2D eigenvalue weighted by Crippen LogP contribution is -2.60. The van der Waals surface area contributed by atoms with Gasteiger partial charge in [-0.3, -0.25) is 9.59 Å². The Morgan fingerprint density at radius 2 is 2.17 bits per heavy atom. The molecule has 1 aliphatic heterocycles. The topological polar surface area (TPSA) is 89.4 Å². The average Bonchev–Trinajstić information content (AvgIpc) is 1.82. The molecule has 0 aromatic rings. The first-order chi connectivity index (χ1) is 5.54. The molecule has 68 valence electrons. The van der Waals surface area contributed by atoms with E-state index >= 15 is 0 Å². The van der Waals surface area contributed by atoms with Crippen molar-refractivity contribution < 1.29 is 9.59 Å². The molecule has 0 aromatic carbocycles. The van der Waals surface area contributed by atoms with Crippen LogP contribution in [0.4, 0.5) is 0 Å². The smallest absolute Gasteiger partial charge is 0.240 e. The Bertz CT molecular complexity index is 215. The van der Waals surface area contributed by atoms with Crippen molar-refractivity contribution in [2.24, 2.45) is 11.5 Å². The number of nitrogens with zero attached hydrogens (tertiary/aromatic N) is 1. The van der Waals surface area contributed by atoms with Crippen LogP contribution in [0.1, 0.15) is 13.3 Å². The fraction of sp³-hybridized carbons (Fsp3) is 0.714. The first-order valence-electron chi connectivity index (χ1n) is 3.89. The number of amides is 2. The Morgan fingerprint density at radius 1 is 1.58 bits per heavy atom. The minimum atomic E-state index is -0.549. The second kappa shape index (κ2) is 3.10.